The fraction of sp³-hybridized carbons (Fsp3) is 0.526. The van der Waals surface area contributed by atoms with Gasteiger partial charge in [-0.15, -0.1) is 0 Å². The Kier molecular flexibility index (Phi) is 4.92. The Labute approximate surface area is 144 Å². The molecule has 2 N–H and O–H groups in total. The molecule has 2 atom stereocenters. The van der Waals surface area contributed by atoms with Gasteiger partial charge in [-0.25, -0.2) is 4.98 Å². The van der Waals surface area contributed by atoms with E-state index in [9.17, 15) is 0 Å². The highest BCUT2D eigenvalue weighted by Crippen LogP contribution is 2.30. The van der Waals surface area contributed by atoms with Crippen molar-refractivity contribution in [1.29, 1.82) is 0 Å². The summed E-state index contributed by atoms with van der Waals surface area (Å²) < 4.78 is 7.64. The number of hydrogen-bond acceptors (Lipinski definition) is 4. The van der Waals surface area contributed by atoms with Gasteiger partial charge >= 0.3 is 0 Å². The highest BCUT2D eigenvalue weighted by molar-refractivity contribution is 5.38. The van der Waals surface area contributed by atoms with Gasteiger partial charge in [0, 0.05) is 56.1 Å². The first-order chi connectivity index (χ1) is 11.5. The van der Waals surface area contributed by atoms with Crippen LogP contribution in [0.1, 0.15) is 42.5 Å². The highest BCUT2D eigenvalue weighted by atomic mass is 16.5. The minimum absolute atomic E-state index is 0.139. The van der Waals surface area contributed by atoms with Crippen molar-refractivity contribution < 1.29 is 4.74 Å². The van der Waals surface area contributed by atoms with Crippen molar-refractivity contribution in [3.05, 3.63) is 47.5 Å². The molecule has 0 aliphatic carbocycles. The highest BCUT2D eigenvalue weighted by Gasteiger charge is 2.33. The number of ether oxygens (including phenoxy) is 1. The van der Waals surface area contributed by atoms with Gasteiger partial charge in [-0.05, 0) is 17.5 Å². The number of aromatic nitrogens is 2. The van der Waals surface area contributed by atoms with Crippen LogP contribution in [0, 0.1) is 0 Å². The van der Waals surface area contributed by atoms with Crippen molar-refractivity contribution in [1.82, 2.24) is 14.5 Å². The molecular weight excluding hydrogens is 300 g/mol. The van der Waals surface area contributed by atoms with Crippen LogP contribution in [0.3, 0.4) is 0 Å². The molecule has 0 saturated carbocycles. The van der Waals surface area contributed by atoms with Crippen molar-refractivity contribution in [2.45, 2.75) is 38.3 Å². The second kappa shape index (κ2) is 6.95. The first kappa shape index (κ1) is 17.0. The van der Waals surface area contributed by atoms with Crippen LogP contribution >= 0.6 is 0 Å². The lowest BCUT2D eigenvalue weighted by Gasteiger charge is -2.19. The zero-order valence-electron chi connectivity index (χ0n) is 15.1. The average molecular weight is 328 g/mol. The van der Waals surface area contributed by atoms with E-state index in [-0.39, 0.29) is 6.04 Å². The van der Waals surface area contributed by atoms with E-state index >= 15 is 0 Å². The monoisotopic (exact) mass is 328 g/mol. The number of rotatable bonds is 5. The quantitative estimate of drug-likeness (QED) is 0.916. The standard InChI is InChI=1S/C19H28N4O/c1-13(2)14-5-6-19(24-4)15(7-14)9-23-10-16(17(20)11-23)18-8-21-12-22(18)3/h5-8,12-13,16-17H,9-11,20H2,1-4H3/t16-,17-/m1/s1. The van der Waals surface area contributed by atoms with E-state index < -0.39 is 0 Å². The number of benzene rings is 1. The van der Waals surface area contributed by atoms with Crippen LogP contribution in [-0.4, -0.2) is 40.7 Å². The number of aryl methyl sites for hydroxylation is 1. The number of imidazole rings is 1. The average Bonchev–Trinajstić information content (AvgIpc) is 3.12. The lowest BCUT2D eigenvalue weighted by molar-refractivity contribution is 0.313. The Hall–Kier alpha value is -1.85. The Morgan fingerprint density at radius 2 is 2.12 bits per heavy atom. The Bertz CT molecular complexity index is 694. The third-order valence-corrected chi connectivity index (χ3v) is 5.04. The van der Waals surface area contributed by atoms with Crippen LogP contribution in [0.5, 0.6) is 5.75 Å². The number of nitrogens with zero attached hydrogens (tertiary/aromatic N) is 3. The van der Waals surface area contributed by atoms with E-state index in [2.05, 4.69) is 46.5 Å². The van der Waals surface area contributed by atoms with Gasteiger partial charge in [-0.2, -0.15) is 0 Å². The Morgan fingerprint density at radius 3 is 2.75 bits per heavy atom. The molecular formula is C19H28N4O. The minimum Gasteiger partial charge on any atom is -0.496 e. The molecule has 0 spiro atoms. The van der Waals surface area contributed by atoms with Gasteiger partial charge in [-0.1, -0.05) is 26.0 Å². The molecule has 1 fully saturated rings. The van der Waals surface area contributed by atoms with Crippen LogP contribution < -0.4 is 10.5 Å². The zero-order chi connectivity index (χ0) is 17.3. The largest absolute Gasteiger partial charge is 0.496 e. The van der Waals surface area contributed by atoms with Gasteiger partial charge in [0.1, 0.15) is 5.75 Å². The maximum atomic E-state index is 6.42. The fourth-order valence-corrected chi connectivity index (χ4v) is 3.60. The Morgan fingerprint density at radius 1 is 1.33 bits per heavy atom. The van der Waals surface area contributed by atoms with Crippen molar-refractivity contribution in [3.63, 3.8) is 0 Å². The molecule has 0 amide bonds. The number of nitrogens with two attached hydrogens (primary N) is 1. The Balaban J connectivity index is 1.77. The molecule has 1 saturated heterocycles. The topological polar surface area (TPSA) is 56.3 Å². The maximum Gasteiger partial charge on any atom is 0.123 e. The molecule has 2 heterocycles. The summed E-state index contributed by atoms with van der Waals surface area (Å²) in [4.78, 5) is 6.66. The predicted molar refractivity (Wildman–Crippen MR) is 96.3 cm³/mol. The van der Waals surface area contributed by atoms with E-state index in [1.165, 1.54) is 16.8 Å². The number of methoxy groups -OCH3 is 1. The summed E-state index contributed by atoms with van der Waals surface area (Å²) in [6.07, 6.45) is 3.79. The predicted octanol–water partition coefficient (Wildman–Crippen LogP) is 2.48. The smallest absolute Gasteiger partial charge is 0.123 e. The van der Waals surface area contributed by atoms with Crippen molar-refractivity contribution >= 4 is 0 Å². The summed E-state index contributed by atoms with van der Waals surface area (Å²) in [6.45, 7) is 7.15. The van der Waals surface area contributed by atoms with Gasteiger partial charge in [0.25, 0.3) is 0 Å². The second-order valence-electron chi connectivity index (χ2n) is 7.12. The normalized spacial score (nSPS) is 21.6. The summed E-state index contributed by atoms with van der Waals surface area (Å²) in [5.74, 6) is 1.80. The van der Waals surface area contributed by atoms with Crippen molar-refractivity contribution in [3.8, 4) is 5.75 Å². The first-order valence-electron chi connectivity index (χ1n) is 8.60. The van der Waals surface area contributed by atoms with Gasteiger partial charge in [-0.3, -0.25) is 4.90 Å². The summed E-state index contributed by atoms with van der Waals surface area (Å²) in [5.41, 5.74) is 10.2. The van der Waals surface area contributed by atoms with Crippen LogP contribution in [-0.2, 0) is 13.6 Å². The van der Waals surface area contributed by atoms with E-state index in [1.807, 2.05) is 19.6 Å². The van der Waals surface area contributed by atoms with Crippen LogP contribution in [0.15, 0.2) is 30.7 Å². The van der Waals surface area contributed by atoms with Gasteiger partial charge in [0.15, 0.2) is 0 Å². The summed E-state index contributed by atoms with van der Waals surface area (Å²) in [5, 5.41) is 0. The van der Waals surface area contributed by atoms with Gasteiger partial charge < -0.3 is 15.0 Å². The molecule has 3 rings (SSSR count). The van der Waals surface area contributed by atoms with Crippen molar-refractivity contribution in [2.75, 3.05) is 20.2 Å². The fourth-order valence-electron chi connectivity index (χ4n) is 3.60. The SMILES string of the molecule is COc1ccc(C(C)C)cc1CN1C[C@@H](N)[C@H](c2cncn2C)C1. The molecule has 1 aliphatic heterocycles. The van der Waals surface area contributed by atoms with E-state index in [1.54, 1.807) is 7.11 Å². The van der Waals surface area contributed by atoms with Crippen molar-refractivity contribution in [2.24, 2.45) is 12.8 Å². The summed E-state index contributed by atoms with van der Waals surface area (Å²) in [7, 11) is 3.77. The van der Waals surface area contributed by atoms with Crippen LogP contribution in [0.25, 0.3) is 0 Å². The van der Waals surface area contributed by atoms with E-state index in [4.69, 9.17) is 10.5 Å². The molecule has 0 unspecified atom stereocenters. The molecule has 1 aromatic heterocycles. The minimum atomic E-state index is 0.139. The molecule has 0 radical (unpaired) electrons. The van der Waals surface area contributed by atoms with Gasteiger partial charge in [0.05, 0.1) is 13.4 Å². The molecule has 1 aliphatic rings. The molecule has 5 nitrogen and oxygen atoms in total. The molecule has 2 aromatic rings. The van der Waals surface area contributed by atoms with E-state index in [0.717, 1.165) is 25.4 Å². The second-order valence-corrected chi connectivity index (χ2v) is 7.12. The zero-order valence-corrected chi connectivity index (χ0v) is 15.1. The molecule has 1 aromatic carbocycles. The summed E-state index contributed by atoms with van der Waals surface area (Å²) in [6, 6.07) is 6.65. The first-order valence-corrected chi connectivity index (χ1v) is 8.60. The lowest BCUT2D eigenvalue weighted by atomic mass is 10.00. The molecule has 5 heteroatoms. The third-order valence-electron chi connectivity index (χ3n) is 5.04. The van der Waals surface area contributed by atoms with E-state index in [0.29, 0.717) is 11.8 Å². The number of likely N-dealkylation sites (tertiary alicyclic amines) is 1. The maximum absolute atomic E-state index is 6.42. The molecule has 0 bridgehead atoms. The van der Waals surface area contributed by atoms with Crippen LogP contribution in [0.2, 0.25) is 0 Å². The lowest BCUT2D eigenvalue weighted by Crippen LogP contribution is -2.29. The number of hydrogen-bond donors (Lipinski definition) is 1. The van der Waals surface area contributed by atoms with Crippen LogP contribution in [0.4, 0.5) is 0 Å². The molecule has 130 valence electrons. The van der Waals surface area contributed by atoms with Gasteiger partial charge in [0.2, 0.25) is 0 Å². The molecule has 24 heavy (non-hydrogen) atoms. The third kappa shape index (κ3) is 3.32. The summed E-state index contributed by atoms with van der Waals surface area (Å²) >= 11 is 0.